The first kappa shape index (κ1) is 18.3. The van der Waals surface area contributed by atoms with Gasteiger partial charge in [0.05, 0.1) is 11.7 Å². The molecule has 0 bridgehead atoms. The molecule has 1 fully saturated rings. The number of piperidine rings is 1. The Bertz CT molecular complexity index is 976. The van der Waals surface area contributed by atoms with Gasteiger partial charge < -0.3 is 10.6 Å². The van der Waals surface area contributed by atoms with E-state index in [0.717, 1.165) is 54.0 Å². The molecular weight excluding hydrogens is 352 g/mol. The number of rotatable bonds is 4. The van der Waals surface area contributed by atoms with Crippen LogP contribution in [-0.2, 0) is 0 Å². The lowest BCUT2D eigenvalue weighted by Gasteiger charge is -2.23. The van der Waals surface area contributed by atoms with Gasteiger partial charge in [-0.3, -0.25) is 9.78 Å². The third-order valence-electron chi connectivity index (χ3n) is 5.30. The predicted molar refractivity (Wildman–Crippen MR) is 108 cm³/mol. The van der Waals surface area contributed by atoms with E-state index in [1.54, 1.807) is 12.4 Å². The number of anilines is 1. The first-order chi connectivity index (χ1) is 13.6. The number of pyridine rings is 1. The molecule has 0 aliphatic carbocycles. The monoisotopic (exact) mass is 376 g/mol. The van der Waals surface area contributed by atoms with Crippen LogP contribution in [0.3, 0.4) is 0 Å². The standard InChI is InChI=1S/C21H24N6O/c1-14-3-4-17(16-5-9-22-10-6-16)13-19(14)24-21(28)20-15(2)27(26-25-20)18-7-11-23-12-8-18/h3-6,9-10,13,18,23H,7-8,11-12H2,1-2H3,(H,24,28). The van der Waals surface area contributed by atoms with Crippen LogP contribution in [0.4, 0.5) is 5.69 Å². The number of nitrogens with one attached hydrogen (secondary N) is 2. The molecule has 1 aromatic carbocycles. The second kappa shape index (κ2) is 7.90. The van der Waals surface area contributed by atoms with Crippen molar-refractivity contribution in [1.29, 1.82) is 0 Å². The highest BCUT2D eigenvalue weighted by molar-refractivity contribution is 6.04. The highest BCUT2D eigenvalue weighted by Gasteiger charge is 2.23. The fourth-order valence-electron chi connectivity index (χ4n) is 3.61. The number of hydrogen-bond donors (Lipinski definition) is 2. The Kier molecular flexibility index (Phi) is 5.16. The third kappa shape index (κ3) is 3.66. The number of aromatic nitrogens is 4. The molecule has 1 aliphatic rings. The van der Waals surface area contributed by atoms with Crippen molar-refractivity contribution < 1.29 is 4.79 Å². The largest absolute Gasteiger partial charge is 0.320 e. The predicted octanol–water partition coefficient (Wildman–Crippen LogP) is 3.13. The second-order valence-electron chi connectivity index (χ2n) is 7.17. The zero-order valence-corrected chi connectivity index (χ0v) is 16.1. The summed E-state index contributed by atoms with van der Waals surface area (Å²) in [5, 5.41) is 14.8. The van der Waals surface area contributed by atoms with Crippen LogP contribution in [-0.4, -0.2) is 39.0 Å². The average Bonchev–Trinajstić information content (AvgIpc) is 3.12. The van der Waals surface area contributed by atoms with Crippen molar-refractivity contribution in [2.75, 3.05) is 18.4 Å². The molecule has 1 amide bonds. The first-order valence-electron chi connectivity index (χ1n) is 9.58. The molecule has 0 atom stereocenters. The van der Waals surface area contributed by atoms with Crippen molar-refractivity contribution in [3.63, 3.8) is 0 Å². The summed E-state index contributed by atoms with van der Waals surface area (Å²) in [4.78, 5) is 16.9. The number of nitrogens with zero attached hydrogens (tertiary/aromatic N) is 4. The number of aryl methyl sites for hydroxylation is 1. The maximum absolute atomic E-state index is 12.9. The van der Waals surface area contributed by atoms with Crippen LogP contribution in [0.25, 0.3) is 11.1 Å². The van der Waals surface area contributed by atoms with Gasteiger partial charge in [0, 0.05) is 18.1 Å². The van der Waals surface area contributed by atoms with E-state index < -0.39 is 0 Å². The van der Waals surface area contributed by atoms with E-state index in [4.69, 9.17) is 0 Å². The lowest BCUT2D eigenvalue weighted by molar-refractivity contribution is 0.102. The average molecular weight is 376 g/mol. The van der Waals surface area contributed by atoms with Crippen molar-refractivity contribution in [2.24, 2.45) is 0 Å². The molecule has 0 radical (unpaired) electrons. The summed E-state index contributed by atoms with van der Waals surface area (Å²) in [5.74, 6) is -0.229. The van der Waals surface area contributed by atoms with E-state index in [2.05, 4.69) is 25.9 Å². The Balaban J connectivity index is 1.56. The Morgan fingerprint density at radius 2 is 1.86 bits per heavy atom. The highest BCUT2D eigenvalue weighted by atomic mass is 16.2. The van der Waals surface area contributed by atoms with E-state index in [-0.39, 0.29) is 5.91 Å². The zero-order chi connectivity index (χ0) is 19.5. The number of carbonyl (C=O) groups excluding carboxylic acids is 1. The van der Waals surface area contributed by atoms with Gasteiger partial charge in [0.25, 0.3) is 5.91 Å². The van der Waals surface area contributed by atoms with Crippen molar-refractivity contribution in [3.05, 3.63) is 59.7 Å². The smallest absolute Gasteiger partial charge is 0.278 e. The van der Waals surface area contributed by atoms with Crippen molar-refractivity contribution in [2.45, 2.75) is 32.7 Å². The van der Waals surface area contributed by atoms with Crippen LogP contribution in [0, 0.1) is 13.8 Å². The molecule has 0 spiro atoms. The molecule has 28 heavy (non-hydrogen) atoms. The van der Waals surface area contributed by atoms with Crippen molar-refractivity contribution in [1.82, 2.24) is 25.3 Å². The summed E-state index contributed by atoms with van der Waals surface area (Å²) in [6.45, 7) is 5.82. The summed E-state index contributed by atoms with van der Waals surface area (Å²) in [6.07, 6.45) is 5.52. The second-order valence-corrected chi connectivity index (χ2v) is 7.17. The SMILES string of the molecule is Cc1ccc(-c2ccncc2)cc1NC(=O)c1nnn(C2CCNCC2)c1C. The van der Waals surface area contributed by atoms with Crippen molar-refractivity contribution >= 4 is 11.6 Å². The molecule has 2 aromatic heterocycles. The Labute approximate surface area is 164 Å². The lowest BCUT2D eigenvalue weighted by Crippen LogP contribution is -2.30. The molecule has 1 aliphatic heterocycles. The summed E-state index contributed by atoms with van der Waals surface area (Å²) in [5.41, 5.74) is 5.04. The Hall–Kier alpha value is -3.06. The van der Waals surface area contributed by atoms with E-state index in [1.807, 2.05) is 48.9 Å². The normalized spacial score (nSPS) is 14.8. The quantitative estimate of drug-likeness (QED) is 0.731. The van der Waals surface area contributed by atoms with Crippen LogP contribution in [0.1, 0.15) is 40.6 Å². The topological polar surface area (TPSA) is 84.7 Å². The molecule has 3 aromatic rings. The molecule has 3 heterocycles. The molecule has 2 N–H and O–H groups in total. The molecule has 0 unspecified atom stereocenters. The molecule has 4 rings (SSSR count). The minimum absolute atomic E-state index is 0.229. The summed E-state index contributed by atoms with van der Waals surface area (Å²) in [7, 11) is 0. The molecule has 144 valence electrons. The fourth-order valence-corrected chi connectivity index (χ4v) is 3.61. The number of carbonyl (C=O) groups is 1. The minimum atomic E-state index is -0.229. The molecular formula is C21H24N6O. The Morgan fingerprint density at radius 3 is 2.61 bits per heavy atom. The number of amides is 1. The first-order valence-corrected chi connectivity index (χ1v) is 9.58. The van der Waals surface area contributed by atoms with Gasteiger partial charge in [-0.15, -0.1) is 5.10 Å². The van der Waals surface area contributed by atoms with Crippen LogP contribution in [0.15, 0.2) is 42.7 Å². The molecule has 7 heteroatoms. The van der Waals surface area contributed by atoms with Crippen LogP contribution in [0.5, 0.6) is 0 Å². The fraction of sp³-hybridized carbons (Fsp3) is 0.333. The van der Waals surface area contributed by atoms with E-state index in [0.29, 0.717) is 11.7 Å². The molecule has 0 saturated carbocycles. The van der Waals surface area contributed by atoms with E-state index >= 15 is 0 Å². The van der Waals surface area contributed by atoms with Gasteiger partial charge in [-0.2, -0.15) is 0 Å². The zero-order valence-electron chi connectivity index (χ0n) is 16.1. The van der Waals surface area contributed by atoms with Gasteiger partial charge in [0.15, 0.2) is 5.69 Å². The maximum atomic E-state index is 12.9. The van der Waals surface area contributed by atoms with Gasteiger partial charge in [-0.05, 0) is 74.7 Å². The van der Waals surface area contributed by atoms with Crippen LogP contribution < -0.4 is 10.6 Å². The lowest BCUT2D eigenvalue weighted by atomic mass is 10.0. The number of hydrogen-bond acceptors (Lipinski definition) is 5. The van der Waals surface area contributed by atoms with Gasteiger partial charge in [0.1, 0.15) is 0 Å². The number of benzene rings is 1. The van der Waals surface area contributed by atoms with Gasteiger partial charge in [-0.1, -0.05) is 17.3 Å². The highest BCUT2D eigenvalue weighted by Crippen LogP contribution is 2.26. The molecule has 7 nitrogen and oxygen atoms in total. The Morgan fingerprint density at radius 1 is 1.11 bits per heavy atom. The van der Waals surface area contributed by atoms with Crippen LogP contribution in [0.2, 0.25) is 0 Å². The summed E-state index contributed by atoms with van der Waals surface area (Å²) in [6, 6.07) is 10.2. The minimum Gasteiger partial charge on any atom is -0.320 e. The van der Waals surface area contributed by atoms with E-state index in [1.165, 1.54) is 0 Å². The van der Waals surface area contributed by atoms with Gasteiger partial charge >= 0.3 is 0 Å². The summed E-state index contributed by atoms with van der Waals surface area (Å²) >= 11 is 0. The van der Waals surface area contributed by atoms with Crippen LogP contribution >= 0.6 is 0 Å². The molecule has 1 saturated heterocycles. The van der Waals surface area contributed by atoms with E-state index in [9.17, 15) is 4.79 Å². The van der Waals surface area contributed by atoms with Gasteiger partial charge in [0.2, 0.25) is 0 Å². The summed E-state index contributed by atoms with van der Waals surface area (Å²) < 4.78 is 1.90. The van der Waals surface area contributed by atoms with Crippen molar-refractivity contribution in [3.8, 4) is 11.1 Å². The maximum Gasteiger partial charge on any atom is 0.278 e. The van der Waals surface area contributed by atoms with Gasteiger partial charge in [-0.25, -0.2) is 4.68 Å². The third-order valence-corrected chi connectivity index (χ3v) is 5.30.